The lowest BCUT2D eigenvalue weighted by Crippen LogP contribution is -2.51. The Balaban J connectivity index is 2.56. The minimum Gasteiger partial charge on any atom is -0.394 e. The van der Waals surface area contributed by atoms with Crippen LogP contribution in [-0.2, 0) is 38.1 Å². The average Bonchev–Trinajstić information content (AvgIpc) is 2.77. The highest BCUT2D eigenvalue weighted by atomic mass is 16.5. The van der Waals surface area contributed by atoms with E-state index in [2.05, 4.69) is 21.3 Å². The van der Waals surface area contributed by atoms with Gasteiger partial charge in [0.2, 0.25) is 23.6 Å². The first-order valence-corrected chi connectivity index (χ1v) is 10.1. The summed E-state index contributed by atoms with van der Waals surface area (Å²) in [7, 11) is 0. The molecule has 14 nitrogen and oxygen atoms in total. The van der Waals surface area contributed by atoms with Gasteiger partial charge in [-0.3, -0.25) is 19.2 Å². The van der Waals surface area contributed by atoms with Crippen molar-refractivity contribution in [3.63, 3.8) is 0 Å². The third-order valence-corrected chi connectivity index (χ3v) is 3.97. The second-order valence-electron chi connectivity index (χ2n) is 6.52. The van der Waals surface area contributed by atoms with E-state index in [4.69, 9.17) is 18.9 Å². The van der Waals surface area contributed by atoms with Gasteiger partial charge in [-0.15, -0.1) is 0 Å². The zero-order valence-corrected chi connectivity index (χ0v) is 17.8. The molecule has 0 aromatic carbocycles. The summed E-state index contributed by atoms with van der Waals surface area (Å²) in [6, 6.07) is -2.40. The van der Waals surface area contributed by atoms with Gasteiger partial charge in [0.25, 0.3) is 0 Å². The van der Waals surface area contributed by atoms with E-state index in [9.17, 15) is 29.4 Å². The summed E-state index contributed by atoms with van der Waals surface area (Å²) < 4.78 is 20.9. The van der Waals surface area contributed by atoms with E-state index in [0.29, 0.717) is 26.4 Å². The Hall–Kier alpha value is -2.36. The summed E-state index contributed by atoms with van der Waals surface area (Å²) in [4.78, 5) is 47.8. The van der Waals surface area contributed by atoms with Gasteiger partial charge in [0.15, 0.2) is 0 Å². The summed E-state index contributed by atoms with van der Waals surface area (Å²) >= 11 is 0. The lowest BCUT2D eigenvalue weighted by atomic mass is 10.3. The van der Waals surface area contributed by atoms with Crippen LogP contribution in [0.4, 0.5) is 0 Å². The molecule has 0 saturated carbocycles. The van der Waals surface area contributed by atoms with Crippen LogP contribution < -0.4 is 21.3 Å². The van der Waals surface area contributed by atoms with E-state index < -0.39 is 62.1 Å². The molecule has 1 aliphatic rings. The fourth-order valence-corrected chi connectivity index (χ4v) is 2.38. The van der Waals surface area contributed by atoms with Gasteiger partial charge in [0, 0.05) is 13.1 Å². The van der Waals surface area contributed by atoms with E-state index in [1.807, 2.05) is 0 Å². The van der Waals surface area contributed by atoms with Gasteiger partial charge in [-0.1, -0.05) is 0 Å². The number of carbonyl (C=O) groups excluding carboxylic acids is 4. The van der Waals surface area contributed by atoms with Crippen molar-refractivity contribution in [3.05, 3.63) is 0 Å². The van der Waals surface area contributed by atoms with Gasteiger partial charge in [0.1, 0.15) is 25.3 Å². The molecule has 32 heavy (non-hydrogen) atoms. The molecule has 1 aliphatic heterocycles. The van der Waals surface area contributed by atoms with E-state index in [1.54, 1.807) is 0 Å². The SMILES string of the molecule is O=C1COCC(=O)N[C@@H](CO)C(=O)NCCOCCOCCOCCNC(=O)[C@H](CO)N1. The number of carbonyl (C=O) groups is 4. The zero-order valence-electron chi connectivity index (χ0n) is 17.8. The van der Waals surface area contributed by atoms with Gasteiger partial charge in [-0.05, 0) is 0 Å². The van der Waals surface area contributed by atoms with Gasteiger partial charge < -0.3 is 50.4 Å². The highest BCUT2D eigenvalue weighted by Crippen LogP contribution is 1.89. The molecule has 0 unspecified atom stereocenters. The first-order valence-electron chi connectivity index (χ1n) is 10.1. The van der Waals surface area contributed by atoms with Crippen molar-refractivity contribution in [1.29, 1.82) is 0 Å². The van der Waals surface area contributed by atoms with Crippen molar-refractivity contribution in [2.75, 3.05) is 79.2 Å². The molecule has 1 fully saturated rings. The molecule has 1 rings (SSSR count). The second kappa shape index (κ2) is 17.2. The van der Waals surface area contributed by atoms with Crippen molar-refractivity contribution in [2.45, 2.75) is 12.1 Å². The Morgan fingerprint density at radius 1 is 0.625 bits per heavy atom. The van der Waals surface area contributed by atoms with Crippen LogP contribution in [0.3, 0.4) is 0 Å². The van der Waals surface area contributed by atoms with Crippen molar-refractivity contribution in [3.8, 4) is 0 Å². The molecule has 184 valence electrons. The molecule has 0 bridgehead atoms. The first-order chi connectivity index (χ1) is 15.5. The molecule has 0 spiro atoms. The number of aliphatic hydroxyl groups excluding tert-OH is 2. The van der Waals surface area contributed by atoms with Crippen LogP contribution in [0.5, 0.6) is 0 Å². The lowest BCUT2D eigenvalue weighted by molar-refractivity contribution is -0.136. The van der Waals surface area contributed by atoms with Crippen LogP contribution in [0.25, 0.3) is 0 Å². The molecular formula is C18H32N4O10. The molecule has 0 aliphatic carbocycles. The van der Waals surface area contributed by atoms with Gasteiger partial charge in [0.05, 0.1) is 52.9 Å². The van der Waals surface area contributed by atoms with E-state index in [1.165, 1.54) is 0 Å². The normalized spacial score (nSPS) is 24.9. The Kier molecular flexibility index (Phi) is 14.9. The van der Waals surface area contributed by atoms with E-state index >= 15 is 0 Å². The highest BCUT2D eigenvalue weighted by Gasteiger charge is 2.21. The summed E-state index contributed by atoms with van der Waals surface area (Å²) in [5, 5.41) is 28.2. The number of hydrogen-bond acceptors (Lipinski definition) is 10. The van der Waals surface area contributed by atoms with Crippen LogP contribution in [-0.4, -0.2) is 125 Å². The Morgan fingerprint density at radius 3 is 1.38 bits per heavy atom. The standard InChI is InChI=1S/C18H32N4O10/c23-9-13-17(27)19-1-3-29-5-7-31-8-6-30-4-2-20-18(28)14(10-24)22-16(26)12-32-11-15(25)21-13/h13-14,23-24H,1-12H2,(H,19,27)(H,20,28)(H,21,25)(H,22,26)/t13-,14-/m0/s1. The number of ether oxygens (including phenoxy) is 4. The molecule has 2 atom stereocenters. The highest BCUT2D eigenvalue weighted by molar-refractivity contribution is 5.89. The molecule has 4 amide bonds. The molecular weight excluding hydrogens is 432 g/mol. The predicted molar refractivity (Wildman–Crippen MR) is 107 cm³/mol. The molecule has 0 aromatic heterocycles. The molecule has 0 radical (unpaired) electrons. The molecule has 1 heterocycles. The van der Waals surface area contributed by atoms with Crippen LogP contribution in [0.1, 0.15) is 0 Å². The molecule has 14 heteroatoms. The molecule has 1 saturated heterocycles. The number of hydrogen-bond donors (Lipinski definition) is 6. The van der Waals surface area contributed by atoms with Crippen LogP contribution >= 0.6 is 0 Å². The Labute approximate surface area is 185 Å². The number of aliphatic hydroxyl groups is 2. The van der Waals surface area contributed by atoms with Crippen molar-refractivity contribution in [2.24, 2.45) is 0 Å². The fraction of sp³-hybridized carbons (Fsp3) is 0.778. The maximum absolute atomic E-state index is 12.0. The summed E-state index contributed by atoms with van der Waals surface area (Å²) in [6.45, 7) is -0.385. The largest absolute Gasteiger partial charge is 0.394 e. The van der Waals surface area contributed by atoms with E-state index in [-0.39, 0.29) is 26.3 Å². The third kappa shape index (κ3) is 12.5. The Bertz CT molecular complexity index is 544. The maximum atomic E-state index is 12.0. The topological polar surface area (TPSA) is 194 Å². The van der Waals surface area contributed by atoms with E-state index in [0.717, 1.165) is 0 Å². The average molecular weight is 464 g/mol. The van der Waals surface area contributed by atoms with Gasteiger partial charge >= 0.3 is 0 Å². The first kappa shape index (κ1) is 27.7. The van der Waals surface area contributed by atoms with Crippen LogP contribution in [0.15, 0.2) is 0 Å². The van der Waals surface area contributed by atoms with Crippen molar-refractivity contribution in [1.82, 2.24) is 21.3 Å². The quantitative estimate of drug-likeness (QED) is 0.231. The van der Waals surface area contributed by atoms with Crippen molar-refractivity contribution < 1.29 is 48.3 Å². The number of amides is 4. The van der Waals surface area contributed by atoms with Crippen LogP contribution in [0.2, 0.25) is 0 Å². The summed E-state index contributed by atoms with van der Waals surface area (Å²) in [6.07, 6.45) is 0. The second-order valence-corrected chi connectivity index (χ2v) is 6.52. The predicted octanol–water partition coefficient (Wildman–Crippen LogP) is -4.75. The zero-order chi connectivity index (χ0) is 23.6. The summed E-state index contributed by atoms with van der Waals surface area (Å²) in [5.74, 6) is -2.68. The summed E-state index contributed by atoms with van der Waals surface area (Å²) in [5.41, 5.74) is 0. The lowest BCUT2D eigenvalue weighted by Gasteiger charge is -2.17. The smallest absolute Gasteiger partial charge is 0.246 e. The number of rotatable bonds is 2. The fourth-order valence-electron chi connectivity index (χ4n) is 2.38. The Morgan fingerprint density at radius 2 is 1.00 bits per heavy atom. The monoisotopic (exact) mass is 464 g/mol. The third-order valence-electron chi connectivity index (χ3n) is 3.97. The van der Waals surface area contributed by atoms with Gasteiger partial charge in [-0.2, -0.15) is 0 Å². The molecule has 0 aromatic rings. The number of nitrogens with one attached hydrogen (secondary N) is 4. The molecule has 6 N–H and O–H groups in total. The van der Waals surface area contributed by atoms with Gasteiger partial charge in [-0.25, -0.2) is 0 Å². The maximum Gasteiger partial charge on any atom is 0.246 e. The van der Waals surface area contributed by atoms with Crippen molar-refractivity contribution >= 4 is 23.6 Å². The van der Waals surface area contributed by atoms with Crippen LogP contribution in [0, 0.1) is 0 Å². The minimum absolute atomic E-state index is 0.169. The minimum atomic E-state index is -1.20.